The van der Waals surface area contributed by atoms with Crippen molar-refractivity contribution in [1.82, 2.24) is 15.3 Å². The highest BCUT2D eigenvalue weighted by atomic mass is 35.5. The zero-order chi connectivity index (χ0) is 16.9. The van der Waals surface area contributed by atoms with Gasteiger partial charge in [0, 0.05) is 17.3 Å². The van der Waals surface area contributed by atoms with Crippen molar-refractivity contribution in [3.63, 3.8) is 0 Å². The molecule has 5 nitrogen and oxygen atoms in total. The van der Waals surface area contributed by atoms with E-state index in [1.165, 1.54) is 11.3 Å². The molecular weight excluding hydrogens is 367 g/mol. The van der Waals surface area contributed by atoms with E-state index < -0.39 is 0 Å². The normalized spacial score (nSPS) is 10.4. The van der Waals surface area contributed by atoms with E-state index in [0.717, 1.165) is 11.4 Å². The number of hydrogen-bond donors (Lipinski definition) is 2. The number of amides is 1. The average Bonchev–Trinajstić information content (AvgIpc) is 3.05. The van der Waals surface area contributed by atoms with Crippen LogP contribution in [0.15, 0.2) is 48.0 Å². The lowest BCUT2D eigenvalue weighted by Crippen LogP contribution is -2.23. The summed E-state index contributed by atoms with van der Waals surface area (Å²) in [6.07, 6.45) is 1.68. The van der Waals surface area contributed by atoms with Crippen molar-refractivity contribution >= 4 is 51.3 Å². The summed E-state index contributed by atoms with van der Waals surface area (Å²) in [5.41, 5.74) is 1.88. The standard InChI is InChI=1S/C16H12Cl2N4OS/c17-12-5-4-10(7-13(12)18)21-16-22-14(9-24-16)15(23)20-8-11-3-1-2-6-19-11/h1-7,9H,8H2,(H,20,23)(H,21,22). The largest absolute Gasteiger partial charge is 0.345 e. The Kier molecular flexibility index (Phi) is 5.30. The summed E-state index contributed by atoms with van der Waals surface area (Å²) in [6.45, 7) is 0.354. The van der Waals surface area contributed by atoms with E-state index in [-0.39, 0.29) is 5.91 Å². The third-order valence-corrected chi connectivity index (χ3v) is 4.56. The number of nitrogens with zero attached hydrogens (tertiary/aromatic N) is 2. The second-order valence-corrected chi connectivity index (χ2v) is 6.47. The van der Waals surface area contributed by atoms with E-state index in [0.29, 0.717) is 27.4 Å². The Balaban J connectivity index is 1.62. The number of nitrogens with one attached hydrogen (secondary N) is 2. The molecule has 24 heavy (non-hydrogen) atoms. The molecule has 0 bridgehead atoms. The van der Waals surface area contributed by atoms with Crippen LogP contribution in [0.3, 0.4) is 0 Å². The summed E-state index contributed by atoms with van der Waals surface area (Å²) in [6, 6.07) is 10.7. The molecule has 2 heterocycles. The Morgan fingerprint density at radius 2 is 2.04 bits per heavy atom. The van der Waals surface area contributed by atoms with Crippen LogP contribution in [0.2, 0.25) is 10.0 Å². The minimum Gasteiger partial charge on any atom is -0.345 e. The van der Waals surface area contributed by atoms with Crippen LogP contribution in [0.5, 0.6) is 0 Å². The molecule has 0 aliphatic rings. The topological polar surface area (TPSA) is 66.9 Å². The van der Waals surface area contributed by atoms with Gasteiger partial charge in [0.1, 0.15) is 5.69 Å². The second-order valence-electron chi connectivity index (χ2n) is 4.80. The van der Waals surface area contributed by atoms with Gasteiger partial charge < -0.3 is 10.6 Å². The molecule has 0 aliphatic heterocycles. The third kappa shape index (κ3) is 4.23. The molecule has 0 radical (unpaired) electrons. The third-order valence-electron chi connectivity index (χ3n) is 3.06. The molecule has 1 aromatic carbocycles. The van der Waals surface area contributed by atoms with Gasteiger partial charge in [-0.2, -0.15) is 0 Å². The number of carbonyl (C=O) groups is 1. The maximum absolute atomic E-state index is 12.1. The SMILES string of the molecule is O=C(NCc1ccccn1)c1csc(Nc2ccc(Cl)c(Cl)c2)n1. The van der Waals surface area contributed by atoms with Crippen molar-refractivity contribution in [2.45, 2.75) is 6.54 Å². The average molecular weight is 379 g/mol. The van der Waals surface area contributed by atoms with Crippen LogP contribution >= 0.6 is 34.5 Å². The fourth-order valence-corrected chi connectivity index (χ4v) is 2.91. The number of rotatable bonds is 5. The molecule has 1 amide bonds. The molecule has 0 fully saturated rings. The molecule has 2 aromatic heterocycles. The van der Waals surface area contributed by atoms with Crippen molar-refractivity contribution < 1.29 is 4.79 Å². The van der Waals surface area contributed by atoms with E-state index in [2.05, 4.69) is 20.6 Å². The highest BCUT2D eigenvalue weighted by Crippen LogP contribution is 2.28. The van der Waals surface area contributed by atoms with Crippen LogP contribution in [0.4, 0.5) is 10.8 Å². The van der Waals surface area contributed by atoms with Gasteiger partial charge in [-0.05, 0) is 30.3 Å². The maximum Gasteiger partial charge on any atom is 0.271 e. The number of anilines is 2. The van der Waals surface area contributed by atoms with Gasteiger partial charge in [-0.3, -0.25) is 9.78 Å². The van der Waals surface area contributed by atoms with Gasteiger partial charge in [-0.25, -0.2) is 4.98 Å². The number of halogens is 2. The quantitative estimate of drug-likeness (QED) is 0.684. The lowest BCUT2D eigenvalue weighted by molar-refractivity contribution is 0.0946. The monoisotopic (exact) mass is 378 g/mol. The molecule has 0 atom stereocenters. The Hall–Kier alpha value is -2.15. The lowest BCUT2D eigenvalue weighted by atomic mass is 10.3. The highest BCUT2D eigenvalue weighted by Gasteiger charge is 2.11. The molecule has 2 N–H and O–H groups in total. The number of thiazole rings is 1. The zero-order valence-electron chi connectivity index (χ0n) is 12.3. The molecule has 0 saturated heterocycles. The van der Waals surface area contributed by atoms with Crippen molar-refractivity contribution in [1.29, 1.82) is 0 Å². The van der Waals surface area contributed by atoms with Crippen LogP contribution < -0.4 is 10.6 Å². The second kappa shape index (κ2) is 7.61. The highest BCUT2D eigenvalue weighted by molar-refractivity contribution is 7.14. The first-order valence-corrected chi connectivity index (χ1v) is 8.61. The molecular formula is C16H12Cl2N4OS. The molecule has 8 heteroatoms. The van der Waals surface area contributed by atoms with Crippen molar-refractivity contribution in [2.24, 2.45) is 0 Å². The van der Waals surface area contributed by atoms with E-state index in [1.807, 2.05) is 18.2 Å². The Labute approximate surface area is 152 Å². The Morgan fingerprint density at radius 1 is 1.17 bits per heavy atom. The summed E-state index contributed by atoms with van der Waals surface area (Å²) in [4.78, 5) is 20.5. The molecule has 3 rings (SSSR count). The Bertz CT molecular complexity index is 854. The minimum absolute atomic E-state index is 0.251. The number of hydrogen-bond acceptors (Lipinski definition) is 5. The molecule has 122 valence electrons. The van der Waals surface area contributed by atoms with Gasteiger partial charge in [0.05, 0.1) is 22.3 Å². The van der Waals surface area contributed by atoms with E-state index >= 15 is 0 Å². The predicted octanol–water partition coefficient (Wildman–Crippen LogP) is 4.52. The van der Waals surface area contributed by atoms with Gasteiger partial charge in [0.15, 0.2) is 5.13 Å². The number of pyridine rings is 1. The first-order chi connectivity index (χ1) is 11.6. The van der Waals surface area contributed by atoms with Gasteiger partial charge in [0.25, 0.3) is 5.91 Å². The smallest absolute Gasteiger partial charge is 0.271 e. The molecule has 0 saturated carbocycles. The first-order valence-electron chi connectivity index (χ1n) is 6.97. The Morgan fingerprint density at radius 3 is 2.79 bits per heavy atom. The fraction of sp³-hybridized carbons (Fsp3) is 0.0625. The number of carbonyl (C=O) groups excluding carboxylic acids is 1. The fourth-order valence-electron chi connectivity index (χ4n) is 1.90. The van der Waals surface area contributed by atoms with Crippen molar-refractivity contribution in [3.05, 3.63) is 69.4 Å². The molecule has 0 spiro atoms. The minimum atomic E-state index is -0.251. The molecule has 0 unspecified atom stereocenters. The maximum atomic E-state index is 12.1. The van der Waals surface area contributed by atoms with Crippen LogP contribution in [0.1, 0.15) is 16.2 Å². The summed E-state index contributed by atoms with van der Waals surface area (Å²) >= 11 is 13.2. The predicted molar refractivity (Wildman–Crippen MR) is 97.3 cm³/mol. The van der Waals surface area contributed by atoms with Gasteiger partial charge in [-0.15, -0.1) is 11.3 Å². The van der Waals surface area contributed by atoms with Crippen LogP contribution in [-0.2, 0) is 6.54 Å². The van der Waals surface area contributed by atoms with Crippen molar-refractivity contribution in [3.8, 4) is 0 Å². The van der Waals surface area contributed by atoms with Crippen molar-refractivity contribution in [2.75, 3.05) is 5.32 Å². The lowest BCUT2D eigenvalue weighted by Gasteiger charge is -2.04. The first kappa shape index (κ1) is 16.7. The summed E-state index contributed by atoms with van der Waals surface area (Å²) in [7, 11) is 0. The number of benzene rings is 1. The van der Waals surface area contributed by atoms with E-state index in [9.17, 15) is 4.79 Å². The van der Waals surface area contributed by atoms with Crippen LogP contribution in [-0.4, -0.2) is 15.9 Å². The summed E-state index contributed by atoms with van der Waals surface area (Å²) in [5, 5.41) is 9.09. The van der Waals surface area contributed by atoms with Gasteiger partial charge >= 0.3 is 0 Å². The van der Waals surface area contributed by atoms with E-state index in [4.69, 9.17) is 23.2 Å². The van der Waals surface area contributed by atoms with Gasteiger partial charge in [0.2, 0.25) is 0 Å². The summed E-state index contributed by atoms with van der Waals surface area (Å²) < 4.78 is 0. The zero-order valence-corrected chi connectivity index (χ0v) is 14.6. The van der Waals surface area contributed by atoms with Crippen LogP contribution in [0, 0.1) is 0 Å². The van der Waals surface area contributed by atoms with E-state index in [1.54, 1.807) is 29.8 Å². The summed E-state index contributed by atoms with van der Waals surface area (Å²) in [5.74, 6) is -0.251. The van der Waals surface area contributed by atoms with Crippen LogP contribution in [0.25, 0.3) is 0 Å². The number of aromatic nitrogens is 2. The van der Waals surface area contributed by atoms with Gasteiger partial charge in [-0.1, -0.05) is 29.3 Å². The molecule has 0 aliphatic carbocycles. The molecule has 3 aromatic rings.